The zero-order chi connectivity index (χ0) is 11.6. The summed E-state index contributed by atoms with van der Waals surface area (Å²) in [5.74, 6) is -0.685. The van der Waals surface area contributed by atoms with Crippen LogP contribution in [0.1, 0.15) is 18.9 Å². The van der Waals surface area contributed by atoms with Gasteiger partial charge in [-0.1, -0.05) is 12.1 Å². The highest BCUT2D eigenvalue weighted by molar-refractivity contribution is 5.30. The number of nitrogens with zero attached hydrogens (tertiary/aromatic N) is 1. The summed E-state index contributed by atoms with van der Waals surface area (Å²) in [5.41, 5.74) is 0.757. The first kappa shape index (κ1) is 10.9. The Labute approximate surface area is 94.0 Å². The minimum absolute atomic E-state index is 0.176. The number of phenolic OH excluding ortho intramolecular Hbond substituents is 1. The highest BCUT2D eigenvalue weighted by Gasteiger charge is 2.38. The first-order chi connectivity index (χ1) is 7.64. The molecule has 0 aromatic heterocycles. The topological polar surface area (TPSA) is 62.5 Å². The quantitative estimate of drug-likeness (QED) is 0.825. The number of phenols is 1. The molecule has 4 nitrogen and oxygen atoms in total. The van der Waals surface area contributed by atoms with Crippen molar-refractivity contribution in [2.24, 2.45) is 0 Å². The second-order valence-electron chi connectivity index (χ2n) is 3.91. The van der Waals surface area contributed by atoms with E-state index >= 15 is 0 Å². The zero-order valence-corrected chi connectivity index (χ0v) is 9.01. The van der Waals surface area contributed by atoms with Gasteiger partial charge in [0.05, 0.1) is 25.2 Å². The van der Waals surface area contributed by atoms with Crippen molar-refractivity contribution < 1.29 is 14.6 Å². The average molecular weight is 219 g/mol. The molecule has 1 aromatic rings. The number of rotatable bonds is 2. The van der Waals surface area contributed by atoms with E-state index in [1.807, 2.05) is 6.07 Å². The summed E-state index contributed by atoms with van der Waals surface area (Å²) in [6, 6.07) is 8.82. The number of benzene rings is 1. The molecule has 1 aliphatic rings. The van der Waals surface area contributed by atoms with Crippen molar-refractivity contribution in [2.75, 3.05) is 6.61 Å². The summed E-state index contributed by atoms with van der Waals surface area (Å²) in [5, 5.41) is 18.0. The molecule has 4 heteroatoms. The Kier molecular flexibility index (Phi) is 2.82. The van der Waals surface area contributed by atoms with Gasteiger partial charge in [0, 0.05) is 5.56 Å². The van der Waals surface area contributed by atoms with Crippen LogP contribution in [0.3, 0.4) is 0 Å². The summed E-state index contributed by atoms with van der Waals surface area (Å²) >= 11 is 0. The monoisotopic (exact) mass is 219 g/mol. The van der Waals surface area contributed by atoms with Crippen LogP contribution in [0, 0.1) is 11.3 Å². The van der Waals surface area contributed by atoms with E-state index in [9.17, 15) is 5.11 Å². The molecule has 0 spiro atoms. The highest BCUT2D eigenvalue weighted by atomic mass is 16.7. The van der Waals surface area contributed by atoms with Gasteiger partial charge in [0.1, 0.15) is 5.75 Å². The lowest BCUT2D eigenvalue weighted by Gasteiger charge is -2.23. The maximum atomic E-state index is 9.39. The third-order valence-corrected chi connectivity index (χ3v) is 2.63. The van der Waals surface area contributed by atoms with Crippen molar-refractivity contribution in [3.05, 3.63) is 29.8 Å². The first-order valence-corrected chi connectivity index (χ1v) is 5.12. The van der Waals surface area contributed by atoms with E-state index in [1.165, 1.54) is 0 Å². The Bertz CT molecular complexity index is 427. The van der Waals surface area contributed by atoms with Gasteiger partial charge in [-0.3, -0.25) is 0 Å². The number of hydrogen-bond acceptors (Lipinski definition) is 4. The number of nitriles is 1. The fourth-order valence-corrected chi connectivity index (χ4v) is 1.78. The summed E-state index contributed by atoms with van der Waals surface area (Å²) in [4.78, 5) is 0. The van der Waals surface area contributed by atoms with Gasteiger partial charge in [0.25, 0.3) is 0 Å². The van der Waals surface area contributed by atoms with E-state index in [4.69, 9.17) is 14.7 Å². The van der Waals surface area contributed by atoms with Crippen molar-refractivity contribution in [1.82, 2.24) is 0 Å². The molecule has 0 radical (unpaired) electrons. The summed E-state index contributed by atoms with van der Waals surface area (Å²) in [7, 11) is 0. The van der Waals surface area contributed by atoms with E-state index in [0.29, 0.717) is 13.0 Å². The minimum atomic E-state index is -0.861. The smallest absolute Gasteiger partial charge is 0.192 e. The molecule has 0 saturated carbocycles. The predicted octanol–water partition coefficient (Wildman–Crippen LogP) is 1.89. The van der Waals surface area contributed by atoms with Crippen molar-refractivity contribution in [2.45, 2.75) is 25.2 Å². The molecule has 2 rings (SSSR count). The molecule has 1 fully saturated rings. The molecular formula is C12H13NO3. The maximum Gasteiger partial charge on any atom is 0.192 e. The van der Waals surface area contributed by atoms with Crippen LogP contribution in [0.2, 0.25) is 0 Å². The predicted molar refractivity (Wildman–Crippen MR) is 56.5 cm³/mol. The summed E-state index contributed by atoms with van der Waals surface area (Å²) < 4.78 is 11.2. The molecule has 1 aromatic carbocycles. The SMILES string of the molecule is CC1(c2cccc(O)c2)OCC(CC#N)O1. The van der Waals surface area contributed by atoms with E-state index in [0.717, 1.165) is 5.56 Å². The summed E-state index contributed by atoms with van der Waals surface area (Å²) in [6.45, 7) is 2.19. The molecular weight excluding hydrogens is 206 g/mol. The van der Waals surface area contributed by atoms with E-state index in [-0.39, 0.29) is 11.9 Å². The third kappa shape index (κ3) is 2.01. The lowest BCUT2D eigenvalue weighted by molar-refractivity contribution is -0.161. The van der Waals surface area contributed by atoms with Crippen molar-refractivity contribution >= 4 is 0 Å². The van der Waals surface area contributed by atoms with Gasteiger partial charge in [0.15, 0.2) is 5.79 Å². The Morgan fingerprint density at radius 1 is 1.62 bits per heavy atom. The molecule has 1 N–H and O–H groups in total. The van der Waals surface area contributed by atoms with Crippen LogP contribution < -0.4 is 0 Å². The largest absolute Gasteiger partial charge is 0.508 e. The van der Waals surface area contributed by atoms with Crippen molar-refractivity contribution in [3.8, 4) is 11.8 Å². The second kappa shape index (κ2) is 4.12. The van der Waals surface area contributed by atoms with Crippen LogP contribution in [0.5, 0.6) is 5.75 Å². The standard InChI is InChI=1S/C12H13NO3/c1-12(9-3-2-4-10(14)7-9)15-8-11(16-12)5-6-13/h2-4,7,11,14H,5,8H2,1H3. The molecule has 1 aliphatic heterocycles. The van der Waals surface area contributed by atoms with Crippen LogP contribution in [0.4, 0.5) is 0 Å². The second-order valence-corrected chi connectivity index (χ2v) is 3.91. The Morgan fingerprint density at radius 2 is 2.44 bits per heavy atom. The number of aromatic hydroxyl groups is 1. The number of hydrogen-bond donors (Lipinski definition) is 1. The lowest BCUT2D eigenvalue weighted by atomic mass is 10.1. The normalized spacial score (nSPS) is 28.9. The van der Waals surface area contributed by atoms with Gasteiger partial charge in [-0.05, 0) is 19.1 Å². The Morgan fingerprint density at radius 3 is 3.12 bits per heavy atom. The van der Waals surface area contributed by atoms with E-state index < -0.39 is 5.79 Å². The molecule has 16 heavy (non-hydrogen) atoms. The molecule has 0 amide bonds. The summed E-state index contributed by atoms with van der Waals surface area (Å²) in [6.07, 6.45) is 0.117. The molecule has 2 unspecified atom stereocenters. The van der Waals surface area contributed by atoms with Crippen LogP contribution >= 0.6 is 0 Å². The van der Waals surface area contributed by atoms with Crippen LogP contribution in [0.15, 0.2) is 24.3 Å². The third-order valence-electron chi connectivity index (χ3n) is 2.63. The molecule has 0 bridgehead atoms. The van der Waals surface area contributed by atoms with Gasteiger partial charge < -0.3 is 14.6 Å². The van der Waals surface area contributed by atoms with Crippen LogP contribution in [-0.2, 0) is 15.3 Å². The van der Waals surface area contributed by atoms with Crippen molar-refractivity contribution in [1.29, 1.82) is 5.26 Å². The van der Waals surface area contributed by atoms with Gasteiger partial charge >= 0.3 is 0 Å². The van der Waals surface area contributed by atoms with Gasteiger partial charge in [0.2, 0.25) is 0 Å². The van der Waals surface area contributed by atoms with Crippen LogP contribution in [0.25, 0.3) is 0 Å². The number of ether oxygens (including phenoxy) is 2. The fraction of sp³-hybridized carbons (Fsp3) is 0.417. The Hall–Kier alpha value is -1.57. The molecule has 0 aliphatic carbocycles. The zero-order valence-electron chi connectivity index (χ0n) is 9.01. The molecule has 2 atom stereocenters. The maximum absolute atomic E-state index is 9.39. The van der Waals surface area contributed by atoms with Gasteiger partial charge in [-0.25, -0.2) is 0 Å². The average Bonchev–Trinajstić information content (AvgIpc) is 2.62. The Balaban J connectivity index is 2.19. The molecule has 84 valence electrons. The van der Waals surface area contributed by atoms with Gasteiger partial charge in [-0.15, -0.1) is 0 Å². The first-order valence-electron chi connectivity index (χ1n) is 5.12. The minimum Gasteiger partial charge on any atom is -0.508 e. The van der Waals surface area contributed by atoms with Gasteiger partial charge in [-0.2, -0.15) is 5.26 Å². The van der Waals surface area contributed by atoms with Crippen LogP contribution in [-0.4, -0.2) is 17.8 Å². The highest BCUT2D eigenvalue weighted by Crippen LogP contribution is 2.35. The molecule has 1 heterocycles. The van der Waals surface area contributed by atoms with E-state index in [1.54, 1.807) is 25.1 Å². The lowest BCUT2D eigenvalue weighted by Crippen LogP contribution is -2.23. The molecule has 1 saturated heterocycles. The van der Waals surface area contributed by atoms with E-state index in [2.05, 4.69) is 6.07 Å². The van der Waals surface area contributed by atoms with Crippen molar-refractivity contribution in [3.63, 3.8) is 0 Å². The fourth-order valence-electron chi connectivity index (χ4n) is 1.78.